The number of nitrogens with one attached hydrogen (secondary N) is 2. The molecule has 2 fully saturated rings. The van der Waals surface area contributed by atoms with E-state index in [9.17, 15) is 9.59 Å². The van der Waals surface area contributed by atoms with Gasteiger partial charge in [0.05, 0.1) is 22.8 Å². The first-order chi connectivity index (χ1) is 15.5. The Hall–Kier alpha value is -2.32. The Morgan fingerprint density at radius 2 is 2.03 bits per heavy atom. The molecule has 32 heavy (non-hydrogen) atoms. The molecule has 2 aliphatic rings. The van der Waals surface area contributed by atoms with E-state index in [1.54, 1.807) is 4.68 Å². The van der Waals surface area contributed by atoms with Crippen molar-refractivity contribution in [2.24, 2.45) is 5.92 Å². The quantitative estimate of drug-likeness (QED) is 0.696. The molecule has 2 saturated heterocycles. The molecule has 2 amide bonds. The van der Waals surface area contributed by atoms with Gasteiger partial charge in [-0.25, -0.2) is 4.68 Å². The molecule has 172 valence electrons. The number of para-hydroxylation sites is 1. The summed E-state index contributed by atoms with van der Waals surface area (Å²) in [6.45, 7) is 6.65. The van der Waals surface area contributed by atoms with E-state index in [2.05, 4.69) is 20.6 Å². The van der Waals surface area contributed by atoms with E-state index in [0.29, 0.717) is 11.2 Å². The summed E-state index contributed by atoms with van der Waals surface area (Å²) in [5, 5.41) is 11.2. The summed E-state index contributed by atoms with van der Waals surface area (Å²) in [5.74, 6) is 1.57. The summed E-state index contributed by atoms with van der Waals surface area (Å²) < 4.78 is 1.78. The summed E-state index contributed by atoms with van der Waals surface area (Å²) in [4.78, 5) is 28.1. The van der Waals surface area contributed by atoms with Crippen molar-refractivity contribution in [3.8, 4) is 5.69 Å². The number of nitrogens with zero attached hydrogens (tertiary/aromatic N) is 3. The number of aryl methyl sites for hydroxylation is 1. The van der Waals surface area contributed by atoms with Gasteiger partial charge in [-0.2, -0.15) is 5.10 Å². The van der Waals surface area contributed by atoms with Gasteiger partial charge in [-0.3, -0.25) is 14.5 Å². The number of thioether (sulfide) groups is 1. The van der Waals surface area contributed by atoms with Gasteiger partial charge < -0.3 is 10.6 Å². The van der Waals surface area contributed by atoms with Crippen LogP contribution in [0.25, 0.3) is 5.69 Å². The number of aromatic nitrogens is 2. The normalized spacial score (nSPS) is 24.4. The van der Waals surface area contributed by atoms with Crippen LogP contribution in [0.1, 0.15) is 45.2 Å². The highest BCUT2D eigenvalue weighted by Crippen LogP contribution is 2.35. The van der Waals surface area contributed by atoms with E-state index in [1.165, 1.54) is 0 Å². The van der Waals surface area contributed by atoms with Crippen molar-refractivity contribution in [2.75, 3.05) is 17.6 Å². The molecule has 2 aliphatic heterocycles. The Kier molecular flexibility index (Phi) is 7.20. The molecule has 4 rings (SSSR count). The zero-order valence-electron chi connectivity index (χ0n) is 19.1. The lowest BCUT2D eigenvalue weighted by molar-refractivity contribution is -0.125. The Labute approximate surface area is 194 Å². The highest BCUT2D eigenvalue weighted by molar-refractivity contribution is 8.00. The molecule has 8 heteroatoms. The third-order valence-electron chi connectivity index (χ3n) is 6.44. The SMILES string of the molecule is CC[C@@H](C)C(=O)NC1CCC[C@H]2SC[C@@H](C(=O)Nc3cc(C)nn3-c3ccccc3)N2C1. The van der Waals surface area contributed by atoms with Crippen LogP contribution in [-0.4, -0.2) is 56.2 Å². The number of amides is 2. The van der Waals surface area contributed by atoms with E-state index in [1.807, 2.05) is 68.9 Å². The lowest BCUT2D eigenvalue weighted by Gasteiger charge is -2.30. The van der Waals surface area contributed by atoms with Crippen LogP contribution < -0.4 is 10.6 Å². The Bertz CT molecular complexity index is 947. The van der Waals surface area contributed by atoms with Crippen LogP contribution in [0.5, 0.6) is 0 Å². The molecule has 0 aliphatic carbocycles. The maximum absolute atomic E-state index is 13.4. The molecular weight excluding hydrogens is 422 g/mol. The van der Waals surface area contributed by atoms with E-state index < -0.39 is 0 Å². The Balaban J connectivity index is 1.47. The number of rotatable bonds is 6. The van der Waals surface area contributed by atoms with E-state index in [-0.39, 0.29) is 29.8 Å². The zero-order chi connectivity index (χ0) is 22.7. The van der Waals surface area contributed by atoms with Gasteiger partial charge in [0.15, 0.2) is 0 Å². The lowest BCUT2D eigenvalue weighted by atomic mass is 10.1. The van der Waals surface area contributed by atoms with E-state index in [4.69, 9.17) is 0 Å². The monoisotopic (exact) mass is 455 g/mol. The van der Waals surface area contributed by atoms with Crippen molar-refractivity contribution in [3.05, 3.63) is 42.1 Å². The largest absolute Gasteiger partial charge is 0.352 e. The first kappa shape index (κ1) is 22.9. The van der Waals surface area contributed by atoms with Crippen LogP contribution >= 0.6 is 11.8 Å². The smallest absolute Gasteiger partial charge is 0.243 e. The number of carbonyl (C=O) groups is 2. The van der Waals surface area contributed by atoms with Crippen molar-refractivity contribution in [1.82, 2.24) is 20.0 Å². The first-order valence-corrected chi connectivity index (χ1v) is 12.6. The number of fused-ring (bicyclic) bond motifs is 1. The van der Waals surface area contributed by atoms with Gasteiger partial charge in [-0.15, -0.1) is 11.8 Å². The number of anilines is 1. The van der Waals surface area contributed by atoms with Crippen LogP contribution in [0.15, 0.2) is 36.4 Å². The highest BCUT2D eigenvalue weighted by atomic mass is 32.2. The van der Waals surface area contributed by atoms with Gasteiger partial charge in [-0.05, 0) is 44.7 Å². The van der Waals surface area contributed by atoms with Gasteiger partial charge in [0.1, 0.15) is 5.82 Å². The molecule has 0 radical (unpaired) electrons. The molecule has 0 spiro atoms. The number of hydrogen-bond acceptors (Lipinski definition) is 5. The van der Waals surface area contributed by atoms with Crippen molar-refractivity contribution in [3.63, 3.8) is 0 Å². The summed E-state index contributed by atoms with van der Waals surface area (Å²) in [6.07, 6.45) is 3.91. The molecule has 1 aromatic carbocycles. The molecule has 1 aromatic heterocycles. The van der Waals surface area contributed by atoms with Crippen molar-refractivity contribution < 1.29 is 9.59 Å². The second kappa shape index (κ2) is 10.1. The fourth-order valence-corrected chi connectivity index (χ4v) is 5.92. The standard InChI is InChI=1S/C24H33N5O2S/c1-4-16(2)23(30)25-18-9-8-12-22-28(14-18)20(15-32-22)24(31)26-21-13-17(3)27-29(21)19-10-6-5-7-11-19/h5-7,10-11,13,16,18,20,22H,4,8-9,12,14-15H2,1-3H3,(H,25,30)(H,26,31)/t16-,18?,20+,22-/m1/s1. The van der Waals surface area contributed by atoms with Gasteiger partial charge in [0.25, 0.3) is 0 Å². The zero-order valence-corrected chi connectivity index (χ0v) is 19.9. The van der Waals surface area contributed by atoms with Gasteiger partial charge >= 0.3 is 0 Å². The molecule has 1 unspecified atom stereocenters. The third kappa shape index (κ3) is 5.02. The Morgan fingerprint density at radius 1 is 1.25 bits per heavy atom. The van der Waals surface area contributed by atoms with E-state index >= 15 is 0 Å². The summed E-state index contributed by atoms with van der Waals surface area (Å²) in [7, 11) is 0. The molecule has 3 heterocycles. The molecule has 4 atom stereocenters. The lowest BCUT2D eigenvalue weighted by Crippen LogP contribution is -2.50. The molecule has 2 aromatic rings. The minimum atomic E-state index is -0.217. The maximum atomic E-state index is 13.4. The van der Waals surface area contributed by atoms with Crippen molar-refractivity contribution >= 4 is 29.4 Å². The molecule has 0 saturated carbocycles. The number of hydrogen-bond donors (Lipinski definition) is 2. The summed E-state index contributed by atoms with van der Waals surface area (Å²) >= 11 is 1.85. The van der Waals surface area contributed by atoms with Crippen molar-refractivity contribution in [2.45, 2.75) is 63.9 Å². The van der Waals surface area contributed by atoms with Gasteiger partial charge in [0, 0.05) is 30.3 Å². The van der Waals surface area contributed by atoms with Crippen LogP contribution in [-0.2, 0) is 9.59 Å². The fraction of sp³-hybridized carbons (Fsp3) is 0.542. The number of benzene rings is 1. The van der Waals surface area contributed by atoms with Gasteiger partial charge in [-0.1, -0.05) is 32.0 Å². The molecule has 7 nitrogen and oxygen atoms in total. The Morgan fingerprint density at radius 3 is 2.78 bits per heavy atom. The maximum Gasteiger partial charge on any atom is 0.243 e. The first-order valence-electron chi connectivity index (χ1n) is 11.6. The molecular formula is C24H33N5O2S. The minimum Gasteiger partial charge on any atom is -0.352 e. The predicted octanol–water partition coefficient (Wildman–Crippen LogP) is 3.58. The topological polar surface area (TPSA) is 79.3 Å². The third-order valence-corrected chi connectivity index (χ3v) is 7.84. The average Bonchev–Trinajstić information content (AvgIpc) is 3.30. The average molecular weight is 456 g/mol. The van der Waals surface area contributed by atoms with Gasteiger partial charge in [0.2, 0.25) is 11.8 Å². The molecule has 2 N–H and O–H groups in total. The number of carbonyl (C=O) groups excluding carboxylic acids is 2. The summed E-state index contributed by atoms with van der Waals surface area (Å²) in [5.41, 5.74) is 1.77. The second-order valence-electron chi connectivity index (χ2n) is 8.85. The fourth-order valence-electron chi connectivity index (χ4n) is 4.41. The minimum absolute atomic E-state index is 0.00835. The molecule has 0 bridgehead atoms. The predicted molar refractivity (Wildman–Crippen MR) is 129 cm³/mol. The van der Waals surface area contributed by atoms with Crippen molar-refractivity contribution in [1.29, 1.82) is 0 Å². The van der Waals surface area contributed by atoms with Crippen LogP contribution in [0.3, 0.4) is 0 Å². The second-order valence-corrected chi connectivity index (χ2v) is 10.1. The van der Waals surface area contributed by atoms with Crippen LogP contribution in [0, 0.1) is 12.8 Å². The summed E-state index contributed by atoms with van der Waals surface area (Å²) in [6, 6.07) is 11.6. The highest BCUT2D eigenvalue weighted by Gasteiger charge is 2.41. The van der Waals surface area contributed by atoms with E-state index in [0.717, 1.165) is 49.4 Å². The van der Waals surface area contributed by atoms with Crippen LogP contribution in [0.2, 0.25) is 0 Å². The van der Waals surface area contributed by atoms with Crippen LogP contribution in [0.4, 0.5) is 5.82 Å².